The molecule has 33 heavy (non-hydrogen) atoms. The molecule has 10 nitrogen and oxygen atoms in total. The number of benzene rings is 2. The SMILES string of the molecule is COc1cc(C=C2NC(=O)N(CC(=O)Nc3ccc(F)cc3)C2=O)ccc1OC(C)C(=O)O. The first kappa shape index (κ1) is 23.3. The molecule has 4 amide bonds. The molecule has 0 spiro atoms. The van der Waals surface area contributed by atoms with Crippen LogP contribution in [0, 0.1) is 5.82 Å². The van der Waals surface area contributed by atoms with Gasteiger partial charge >= 0.3 is 12.0 Å². The van der Waals surface area contributed by atoms with E-state index in [1.165, 1.54) is 44.4 Å². The van der Waals surface area contributed by atoms with Crippen molar-refractivity contribution in [2.75, 3.05) is 19.0 Å². The molecule has 2 aromatic rings. The second kappa shape index (κ2) is 9.81. The minimum absolute atomic E-state index is 0.0655. The van der Waals surface area contributed by atoms with Crippen LogP contribution in [0.25, 0.3) is 6.08 Å². The maximum atomic E-state index is 13.0. The molecular formula is C22H20FN3O7. The zero-order chi connectivity index (χ0) is 24.1. The Balaban J connectivity index is 1.71. The van der Waals surface area contributed by atoms with Crippen LogP contribution in [0.1, 0.15) is 12.5 Å². The average Bonchev–Trinajstić information content (AvgIpc) is 3.03. The number of nitrogens with zero attached hydrogens (tertiary/aromatic N) is 1. The van der Waals surface area contributed by atoms with Crippen LogP contribution in [0.4, 0.5) is 14.9 Å². The molecule has 0 aliphatic carbocycles. The zero-order valence-electron chi connectivity index (χ0n) is 17.6. The molecule has 0 aromatic heterocycles. The Kier molecular flexibility index (Phi) is 6.91. The van der Waals surface area contributed by atoms with E-state index in [0.717, 1.165) is 17.0 Å². The highest BCUT2D eigenvalue weighted by Gasteiger charge is 2.35. The summed E-state index contributed by atoms with van der Waals surface area (Å²) in [5, 5.41) is 13.9. The molecule has 1 aliphatic rings. The van der Waals surface area contributed by atoms with Gasteiger partial charge in [-0.25, -0.2) is 18.9 Å². The van der Waals surface area contributed by atoms with Crippen molar-refractivity contribution in [3.05, 3.63) is 59.5 Å². The van der Waals surface area contributed by atoms with E-state index in [1.54, 1.807) is 6.07 Å². The highest BCUT2D eigenvalue weighted by Crippen LogP contribution is 2.30. The van der Waals surface area contributed by atoms with Gasteiger partial charge < -0.3 is 25.2 Å². The van der Waals surface area contributed by atoms with Gasteiger partial charge in [0.05, 0.1) is 7.11 Å². The summed E-state index contributed by atoms with van der Waals surface area (Å²) >= 11 is 0. The summed E-state index contributed by atoms with van der Waals surface area (Å²) in [6, 6.07) is 8.77. The third kappa shape index (κ3) is 5.64. The number of nitrogens with one attached hydrogen (secondary N) is 2. The predicted molar refractivity (Wildman–Crippen MR) is 114 cm³/mol. The van der Waals surface area contributed by atoms with E-state index in [4.69, 9.17) is 14.6 Å². The first-order chi connectivity index (χ1) is 15.7. The highest BCUT2D eigenvalue weighted by atomic mass is 19.1. The summed E-state index contributed by atoms with van der Waals surface area (Å²) in [7, 11) is 1.37. The van der Waals surface area contributed by atoms with Gasteiger partial charge in [0.2, 0.25) is 5.91 Å². The molecule has 172 valence electrons. The van der Waals surface area contributed by atoms with Crippen molar-refractivity contribution in [2.24, 2.45) is 0 Å². The topological polar surface area (TPSA) is 134 Å². The first-order valence-corrected chi connectivity index (χ1v) is 9.65. The predicted octanol–water partition coefficient (Wildman–Crippen LogP) is 2.22. The largest absolute Gasteiger partial charge is 0.493 e. The molecule has 1 unspecified atom stereocenters. The number of aliphatic carboxylic acids is 1. The number of carbonyl (C=O) groups excluding carboxylic acids is 3. The Morgan fingerprint density at radius 1 is 1.18 bits per heavy atom. The summed E-state index contributed by atoms with van der Waals surface area (Å²) in [6.07, 6.45) is 0.277. The third-order valence-electron chi connectivity index (χ3n) is 4.54. The number of carbonyl (C=O) groups is 4. The van der Waals surface area contributed by atoms with Crippen LogP contribution >= 0.6 is 0 Å². The van der Waals surface area contributed by atoms with Crippen LogP contribution in [0.2, 0.25) is 0 Å². The molecule has 1 fully saturated rings. The van der Waals surface area contributed by atoms with Crippen molar-refractivity contribution < 1.29 is 38.1 Å². The lowest BCUT2D eigenvalue weighted by Crippen LogP contribution is -2.38. The fourth-order valence-corrected chi connectivity index (χ4v) is 2.87. The van der Waals surface area contributed by atoms with Crippen molar-refractivity contribution in [1.82, 2.24) is 10.2 Å². The molecule has 2 aromatic carbocycles. The summed E-state index contributed by atoms with van der Waals surface area (Å²) in [5.74, 6) is -2.55. The number of methoxy groups -OCH3 is 1. The van der Waals surface area contributed by atoms with Gasteiger partial charge in [-0.05, 0) is 55.0 Å². The number of imide groups is 1. The summed E-state index contributed by atoms with van der Waals surface area (Å²) in [6.45, 7) is 0.827. The molecule has 3 rings (SSSR count). The molecule has 1 aliphatic heterocycles. The van der Waals surface area contributed by atoms with Gasteiger partial charge in [-0.2, -0.15) is 0 Å². The number of urea groups is 1. The maximum Gasteiger partial charge on any atom is 0.344 e. The Morgan fingerprint density at radius 2 is 1.88 bits per heavy atom. The van der Waals surface area contributed by atoms with Crippen LogP contribution in [-0.4, -0.2) is 53.6 Å². The van der Waals surface area contributed by atoms with Crippen LogP contribution < -0.4 is 20.1 Å². The Hall–Kier alpha value is -4.41. The molecule has 0 saturated carbocycles. The number of hydrogen-bond acceptors (Lipinski definition) is 6. The van der Waals surface area contributed by atoms with Gasteiger partial charge in [0, 0.05) is 5.69 Å². The molecule has 0 radical (unpaired) electrons. The van der Waals surface area contributed by atoms with E-state index in [1.807, 2.05) is 0 Å². The number of hydrogen-bond donors (Lipinski definition) is 3. The van der Waals surface area contributed by atoms with Crippen LogP contribution in [0.15, 0.2) is 48.2 Å². The maximum absolute atomic E-state index is 13.0. The minimum Gasteiger partial charge on any atom is -0.493 e. The lowest BCUT2D eigenvalue weighted by molar-refractivity contribution is -0.144. The first-order valence-electron chi connectivity index (χ1n) is 9.65. The molecule has 1 saturated heterocycles. The van der Waals surface area contributed by atoms with Gasteiger partial charge in [0.1, 0.15) is 18.1 Å². The number of halogens is 1. The van der Waals surface area contributed by atoms with Crippen LogP contribution in [0.5, 0.6) is 11.5 Å². The van der Waals surface area contributed by atoms with E-state index in [0.29, 0.717) is 11.3 Å². The van der Waals surface area contributed by atoms with Crippen molar-refractivity contribution in [2.45, 2.75) is 13.0 Å². The van der Waals surface area contributed by atoms with Gasteiger partial charge in [-0.15, -0.1) is 0 Å². The Labute approximate surface area is 187 Å². The average molecular weight is 457 g/mol. The van der Waals surface area contributed by atoms with E-state index in [2.05, 4.69) is 10.6 Å². The molecule has 11 heteroatoms. The number of carboxylic acids is 1. The lowest BCUT2D eigenvalue weighted by Gasteiger charge is -2.14. The van der Waals surface area contributed by atoms with Crippen LogP contribution in [-0.2, 0) is 14.4 Å². The summed E-state index contributed by atoms with van der Waals surface area (Å²) in [4.78, 5) is 48.7. The third-order valence-corrected chi connectivity index (χ3v) is 4.54. The lowest BCUT2D eigenvalue weighted by atomic mass is 10.1. The van der Waals surface area contributed by atoms with E-state index < -0.39 is 42.3 Å². The monoisotopic (exact) mass is 457 g/mol. The van der Waals surface area contributed by atoms with Gasteiger partial charge in [0.15, 0.2) is 17.6 Å². The number of anilines is 1. The second-order valence-corrected chi connectivity index (χ2v) is 6.94. The quantitative estimate of drug-likeness (QED) is 0.409. The molecule has 0 bridgehead atoms. The smallest absolute Gasteiger partial charge is 0.344 e. The normalized spacial score (nSPS) is 15.2. The second-order valence-electron chi connectivity index (χ2n) is 6.94. The van der Waals surface area contributed by atoms with Gasteiger partial charge in [-0.3, -0.25) is 9.59 Å². The van der Waals surface area contributed by atoms with Crippen molar-refractivity contribution in [1.29, 1.82) is 0 Å². The summed E-state index contributed by atoms with van der Waals surface area (Å²) in [5.41, 5.74) is 0.712. The summed E-state index contributed by atoms with van der Waals surface area (Å²) < 4.78 is 23.5. The number of ether oxygens (including phenoxy) is 2. The van der Waals surface area contributed by atoms with E-state index in [-0.39, 0.29) is 17.2 Å². The van der Waals surface area contributed by atoms with E-state index in [9.17, 15) is 23.6 Å². The fraction of sp³-hybridized carbons (Fsp3) is 0.182. The number of amides is 4. The number of carboxylic acid groups (broad SMARTS) is 1. The van der Waals surface area contributed by atoms with Crippen molar-refractivity contribution in [3.63, 3.8) is 0 Å². The minimum atomic E-state index is -1.15. The molecule has 1 atom stereocenters. The number of rotatable bonds is 8. The van der Waals surface area contributed by atoms with Crippen LogP contribution in [0.3, 0.4) is 0 Å². The molecule has 1 heterocycles. The molecule has 3 N–H and O–H groups in total. The Bertz CT molecular complexity index is 1130. The van der Waals surface area contributed by atoms with Gasteiger partial charge in [-0.1, -0.05) is 6.07 Å². The zero-order valence-corrected chi connectivity index (χ0v) is 17.6. The molecular weight excluding hydrogens is 437 g/mol. The van der Waals surface area contributed by atoms with Gasteiger partial charge in [0.25, 0.3) is 5.91 Å². The Morgan fingerprint density at radius 3 is 2.52 bits per heavy atom. The van der Waals surface area contributed by atoms with E-state index >= 15 is 0 Å². The van der Waals surface area contributed by atoms with Crippen molar-refractivity contribution in [3.8, 4) is 11.5 Å². The highest BCUT2D eigenvalue weighted by molar-refractivity contribution is 6.15. The fourth-order valence-electron chi connectivity index (χ4n) is 2.87. The standard InChI is InChI=1S/C22H20FN3O7/c1-12(21(29)30)33-17-8-3-13(10-18(17)32-2)9-16-20(28)26(22(31)25-16)11-19(27)24-15-6-4-14(23)5-7-15/h3-10,12H,11H2,1-2H3,(H,24,27)(H,25,31)(H,29,30). The van der Waals surface area contributed by atoms with Crippen molar-refractivity contribution >= 4 is 35.6 Å².